The summed E-state index contributed by atoms with van der Waals surface area (Å²) < 4.78 is 39.9. The van der Waals surface area contributed by atoms with Crippen molar-refractivity contribution >= 4 is 41.6 Å². The van der Waals surface area contributed by atoms with Crippen LogP contribution in [0.25, 0.3) is 0 Å². The van der Waals surface area contributed by atoms with Gasteiger partial charge in [-0.2, -0.15) is 0 Å². The standard InChI is InChI=1S/C30H54O6Si5/c1-37(2,3)32-23-19-26-24(27(20-23)34-39(7,8)9)21-29(36-41(13,14)15)30(31-26)22-16-17-25(33-38(4,5)6)28(18-22)35-40(10,11)12/h16-20,29-30H,21H2,1-15H3/t29-,30+/m0/s1. The number of ether oxygens (including phenoxy) is 1. The minimum absolute atomic E-state index is 0.162. The molecule has 0 aliphatic carbocycles. The van der Waals surface area contributed by atoms with Crippen molar-refractivity contribution in [2.45, 2.75) is 117 Å². The normalized spacial score (nSPS) is 18.3. The Morgan fingerprint density at radius 1 is 0.561 bits per heavy atom. The van der Waals surface area contributed by atoms with Gasteiger partial charge in [-0.3, -0.25) is 0 Å². The van der Waals surface area contributed by atoms with Gasteiger partial charge in [0.15, 0.2) is 8.32 Å². The lowest BCUT2D eigenvalue weighted by Crippen LogP contribution is -2.41. The van der Waals surface area contributed by atoms with Gasteiger partial charge in [0.1, 0.15) is 34.9 Å². The van der Waals surface area contributed by atoms with Gasteiger partial charge in [-0.05, 0) is 116 Å². The molecule has 0 spiro atoms. The van der Waals surface area contributed by atoms with Crippen LogP contribution in [0.15, 0.2) is 30.3 Å². The smallest absolute Gasteiger partial charge is 0.242 e. The van der Waals surface area contributed by atoms with Crippen molar-refractivity contribution in [3.63, 3.8) is 0 Å². The van der Waals surface area contributed by atoms with Crippen LogP contribution in [0.5, 0.6) is 28.7 Å². The van der Waals surface area contributed by atoms with Crippen LogP contribution in [0.1, 0.15) is 17.2 Å². The highest BCUT2D eigenvalue weighted by Crippen LogP contribution is 2.46. The second kappa shape index (κ2) is 11.9. The molecule has 2 aromatic carbocycles. The highest BCUT2D eigenvalue weighted by atomic mass is 28.4. The maximum atomic E-state index is 6.90. The molecule has 3 rings (SSSR count). The van der Waals surface area contributed by atoms with Crippen LogP contribution in [0.3, 0.4) is 0 Å². The molecule has 6 nitrogen and oxygen atoms in total. The number of rotatable bonds is 11. The minimum atomic E-state index is -1.92. The second-order valence-electron chi connectivity index (χ2n) is 16.0. The van der Waals surface area contributed by atoms with Crippen LogP contribution in [-0.2, 0) is 10.8 Å². The number of fused-ring (bicyclic) bond motifs is 1. The largest absolute Gasteiger partial charge is 0.544 e. The zero-order chi connectivity index (χ0) is 31.2. The Morgan fingerprint density at radius 3 is 1.59 bits per heavy atom. The molecule has 0 fully saturated rings. The van der Waals surface area contributed by atoms with Crippen molar-refractivity contribution < 1.29 is 26.9 Å². The first-order chi connectivity index (χ1) is 18.4. The van der Waals surface area contributed by atoms with Crippen LogP contribution >= 0.6 is 0 Å². The Kier molecular flexibility index (Phi) is 9.84. The quantitative estimate of drug-likeness (QED) is 0.226. The number of hydrogen-bond acceptors (Lipinski definition) is 6. The molecule has 0 radical (unpaired) electrons. The fourth-order valence-corrected chi connectivity index (χ4v) is 9.05. The first-order valence-electron chi connectivity index (χ1n) is 14.8. The topological polar surface area (TPSA) is 55.4 Å². The lowest BCUT2D eigenvalue weighted by molar-refractivity contribution is 0.0320. The minimum Gasteiger partial charge on any atom is -0.544 e. The van der Waals surface area contributed by atoms with E-state index in [2.05, 4.69) is 122 Å². The first-order valence-corrected chi connectivity index (χ1v) is 31.8. The van der Waals surface area contributed by atoms with E-state index in [0.717, 1.165) is 39.9 Å². The van der Waals surface area contributed by atoms with Crippen molar-refractivity contribution in [2.24, 2.45) is 0 Å². The van der Waals surface area contributed by atoms with Crippen molar-refractivity contribution in [2.75, 3.05) is 0 Å². The zero-order valence-electron chi connectivity index (χ0n) is 28.2. The molecule has 0 amide bonds. The molecule has 1 aliphatic rings. The highest BCUT2D eigenvalue weighted by molar-refractivity contribution is 6.72. The van der Waals surface area contributed by atoms with Gasteiger partial charge in [0, 0.05) is 24.1 Å². The molecule has 2 aromatic rings. The van der Waals surface area contributed by atoms with E-state index in [1.54, 1.807) is 0 Å². The Morgan fingerprint density at radius 2 is 1.07 bits per heavy atom. The zero-order valence-corrected chi connectivity index (χ0v) is 33.2. The molecule has 11 heteroatoms. The van der Waals surface area contributed by atoms with E-state index >= 15 is 0 Å². The van der Waals surface area contributed by atoms with Gasteiger partial charge in [-0.25, -0.2) is 0 Å². The van der Waals surface area contributed by atoms with Crippen molar-refractivity contribution in [1.29, 1.82) is 0 Å². The van der Waals surface area contributed by atoms with Gasteiger partial charge in [0.2, 0.25) is 33.3 Å². The maximum absolute atomic E-state index is 6.90. The Balaban J connectivity index is 2.16. The van der Waals surface area contributed by atoms with Crippen molar-refractivity contribution in [3.05, 3.63) is 41.5 Å². The third kappa shape index (κ3) is 10.9. The maximum Gasteiger partial charge on any atom is 0.242 e. The lowest BCUT2D eigenvalue weighted by Gasteiger charge is -2.39. The average molecular weight is 651 g/mol. The Hall–Kier alpha value is -1.52. The summed E-state index contributed by atoms with van der Waals surface area (Å²) in [4.78, 5) is 0. The molecule has 0 aromatic heterocycles. The number of benzene rings is 2. The van der Waals surface area contributed by atoms with E-state index in [1.807, 2.05) is 6.07 Å². The molecule has 230 valence electrons. The molecule has 0 saturated carbocycles. The molecule has 0 bridgehead atoms. The summed E-state index contributed by atoms with van der Waals surface area (Å²) in [6.07, 6.45) is 0.237. The summed E-state index contributed by atoms with van der Waals surface area (Å²) in [6, 6.07) is 10.4. The van der Waals surface area contributed by atoms with Crippen LogP contribution in [-0.4, -0.2) is 47.7 Å². The summed E-state index contributed by atoms with van der Waals surface area (Å²) in [5.41, 5.74) is 2.09. The van der Waals surface area contributed by atoms with Crippen molar-refractivity contribution in [3.8, 4) is 28.7 Å². The van der Waals surface area contributed by atoms with Gasteiger partial charge in [0.05, 0.1) is 6.10 Å². The fourth-order valence-electron chi connectivity index (χ4n) is 4.62. The van der Waals surface area contributed by atoms with Gasteiger partial charge < -0.3 is 26.9 Å². The van der Waals surface area contributed by atoms with Crippen LogP contribution in [0.2, 0.25) is 98.2 Å². The molecule has 1 aliphatic heterocycles. The molecular formula is C30H54O6Si5. The third-order valence-corrected chi connectivity index (χ3v) is 9.97. The predicted octanol–water partition coefficient (Wildman–Crippen LogP) is 9.44. The predicted molar refractivity (Wildman–Crippen MR) is 184 cm³/mol. The first kappa shape index (κ1) is 34.0. The van der Waals surface area contributed by atoms with Crippen LogP contribution < -0.4 is 22.4 Å². The molecule has 0 unspecified atom stereocenters. The molecule has 41 heavy (non-hydrogen) atoms. The molecule has 0 saturated heterocycles. The second-order valence-corrected chi connectivity index (χ2v) is 38.1. The molecule has 2 atom stereocenters. The van der Waals surface area contributed by atoms with E-state index in [9.17, 15) is 0 Å². The number of hydrogen-bond donors (Lipinski definition) is 0. The summed E-state index contributed by atoms with van der Waals surface area (Å²) in [6.45, 7) is 33.1. The monoisotopic (exact) mass is 650 g/mol. The summed E-state index contributed by atoms with van der Waals surface area (Å²) in [5.74, 6) is 4.08. The average Bonchev–Trinajstić information content (AvgIpc) is 2.69. The van der Waals surface area contributed by atoms with E-state index in [1.165, 1.54) is 0 Å². The Bertz CT molecular complexity index is 1220. The van der Waals surface area contributed by atoms with Crippen molar-refractivity contribution in [1.82, 2.24) is 0 Å². The van der Waals surface area contributed by atoms with E-state index in [-0.39, 0.29) is 12.2 Å². The fraction of sp³-hybridized carbons (Fsp3) is 0.600. The SMILES string of the molecule is C[Si](C)(C)Oc1cc2c(c(O[Si](C)(C)C)c1)C[C@H](O[Si](C)(C)C)[C@@H](c1ccc(O[Si](C)(C)C)c(O[Si](C)(C)C)c1)O2. The van der Waals surface area contributed by atoms with E-state index in [4.69, 9.17) is 26.9 Å². The summed E-state index contributed by atoms with van der Waals surface area (Å²) in [7, 11) is -9.42. The summed E-state index contributed by atoms with van der Waals surface area (Å²) >= 11 is 0. The molecule has 0 N–H and O–H groups in total. The van der Waals surface area contributed by atoms with Crippen LogP contribution in [0, 0.1) is 0 Å². The third-order valence-electron chi connectivity index (χ3n) is 5.61. The van der Waals surface area contributed by atoms with E-state index in [0.29, 0.717) is 6.42 Å². The summed E-state index contributed by atoms with van der Waals surface area (Å²) in [5, 5.41) is 0. The molecule has 1 heterocycles. The van der Waals surface area contributed by atoms with Crippen LogP contribution in [0.4, 0.5) is 0 Å². The lowest BCUT2D eigenvalue weighted by atomic mass is 9.94. The van der Waals surface area contributed by atoms with Gasteiger partial charge in [-0.15, -0.1) is 0 Å². The van der Waals surface area contributed by atoms with E-state index < -0.39 is 41.6 Å². The molecular weight excluding hydrogens is 597 g/mol. The highest BCUT2D eigenvalue weighted by Gasteiger charge is 2.39. The van der Waals surface area contributed by atoms with Gasteiger partial charge >= 0.3 is 0 Å². The Labute approximate surface area is 254 Å². The van der Waals surface area contributed by atoms with Gasteiger partial charge in [-0.1, -0.05) is 6.07 Å². The van der Waals surface area contributed by atoms with Gasteiger partial charge in [0.25, 0.3) is 0 Å².